The summed E-state index contributed by atoms with van der Waals surface area (Å²) in [4.78, 5) is 0. The van der Waals surface area contributed by atoms with Crippen molar-refractivity contribution < 1.29 is 0 Å². The summed E-state index contributed by atoms with van der Waals surface area (Å²) >= 11 is 0. The normalized spacial score (nSPS) is 38.7. The molecule has 110 valence electrons. The molecule has 0 saturated heterocycles. The van der Waals surface area contributed by atoms with Gasteiger partial charge in [0.05, 0.1) is 0 Å². The molecule has 0 aromatic carbocycles. The fourth-order valence-corrected chi connectivity index (χ4v) is 4.21. The molecular weight excluding hydrogens is 232 g/mol. The minimum absolute atomic E-state index is 0.391. The highest BCUT2D eigenvalue weighted by Gasteiger charge is 2.44. The molecular formula is C17H32N2. The standard InChI is InChI=1S/C17H32N2/c1-11-15(18)9-8-14(17(11,2)3)10-19-16(12-4-5-12)13-6-7-13/h11-16,19H,4-10,18H2,1-3H3. The van der Waals surface area contributed by atoms with Crippen LogP contribution in [0.4, 0.5) is 0 Å². The van der Waals surface area contributed by atoms with Crippen molar-refractivity contribution in [2.45, 2.75) is 71.4 Å². The lowest BCUT2D eigenvalue weighted by atomic mass is 9.61. The Labute approximate surface area is 118 Å². The molecule has 0 radical (unpaired) electrons. The Morgan fingerprint density at radius 3 is 2.16 bits per heavy atom. The van der Waals surface area contributed by atoms with Crippen molar-refractivity contribution in [3.63, 3.8) is 0 Å². The van der Waals surface area contributed by atoms with Crippen LogP contribution in [0.25, 0.3) is 0 Å². The topological polar surface area (TPSA) is 38.0 Å². The van der Waals surface area contributed by atoms with Gasteiger partial charge in [-0.05, 0) is 74.2 Å². The lowest BCUT2D eigenvalue weighted by molar-refractivity contribution is 0.0513. The molecule has 3 aliphatic rings. The molecule has 19 heavy (non-hydrogen) atoms. The summed E-state index contributed by atoms with van der Waals surface area (Å²) in [5.41, 5.74) is 6.66. The summed E-state index contributed by atoms with van der Waals surface area (Å²) in [6.45, 7) is 8.45. The van der Waals surface area contributed by atoms with Gasteiger partial charge in [0, 0.05) is 12.1 Å². The summed E-state index contributed by atoms with van der Waals surface area (Å²) in [7, 11) is 0. The minimum atomic E-state index is 0.391. The zero-order valence-electron chi connectivity index (χ0n) is 13.0. The van der Waals surface area contributed by atoms with Crippen LogP contribution in [0.2, 0.25) is 0 Å². The number of nitrogens with one attached hydrogen (secondary N) is 1. The third-order valence-electron chi connectivity index (χ3n) is 6.58. The van der Waals surface area contributed by atoms with Gasteiger partial charge in [0.1, 0.15) is 0 Å². The molecule has 3 fully saturated rings. The van der Waals surface area contributed by atoms with Crippen molar-refractivity contribution in [3.05, 3.63) is 0 Å². The average molecular weight is 264 g/mol. The quantitative estimate of drug-likeness (QED) is 0.800. The molecule has 3 aliphatic carbocycles. The maximum atomic E-state index is 6.27. The van der Waals surface area contributed by atoms with E-state index in [4.69, 9.17) is 5.73 Å². The SMILES string of the molecule is CC1C(N)CCC(CNC(C2CC2)C2CC2)C1(C)C. The van der Waals surface area contributed by atoms with Gasteiger partial charge in [-0.2, -0.15) is 0 Å². The van der Waals surface area contributed by atoms with Gasteiger partial charge in [0.25, 0.3) is 0 Å². The predicted octanol–water partition coefficient (Wildman–Crippen LogP) is 3.16. The van der Waals surface area contributed by atoms with Gasteiger partial charge < -0.3 is 11.1 Å². The second kappa shape index (κ2) is 5.04. The molecule has 3 saturated carbocycles. The fourth-order valence-electron chi connectivity index (χ4n) is 4.21. The molecule has 0 aromatic heterocycles. The van der Waals surface area contributed by atoms with Crippen LogP contribution < -0.4 is 11.1 Å². The summed E-state index contributed by atoms with van der Waals surface area (Å²) in [6.07, 6.45) is 8.43. The first-order valence-electron chi connectivity index (χ1n) is 8.49. The zero-order chi connectivity index (χ0) is 13.6. The number of nitrogens with two attached hydrogens (primary N) is 1. The van der Waals surface area contributed by atoms with Crippen molar-refractivity contribution >= 4 is 0 Å². The summed E-state index contributed by atoms with van der Waals surface area (Å²) < 4.78 is 0. The van der Waals surface area contributed by atoms with Crippen LogP contribution >= 0.6 is 0 Å². The smallest absolute Gasteiger partial charge is 0.0124 e. The Kier molecular flexibility index (Phi) is 3.68. The molecule has 0 aromatic rings. The van der Waals surface area contributed by atoms with Gasteiger partial charge in [0.15, 0.2) is 0 Å². The maximum Gasteiger partial charge on any atom is 0.0124 e. The van der Waals surface area contributed by atoms with E-state index in [0.29, 0.717) is 17.4 Å². The highest BCUT2D eigenvalue weighted by molar-refractivity contribution is 4.99. The van der Waals surface area contributed by atoms with Crippen molar-refractivity contribution in [2.24, 2.45) is 34.8 Å². The minimum Gasteiger partial charge on any atom is -0.327 e. The lowest BCUT2D eigenvalue weighted by Crippen LogP contribution is -2.50. The third kappa shape index (κ3) is 2.85. The van der Waals surface area contributed by atoms with E-state index in [0.717, 1.165) is 23.8 Å². The molecule has 2 heteroatoms. The second-order valence-corrected chi connectivity index (χ2v) is 8.16. The van der Waals surface area contributed by atoms with Crippen LogP contribution in [-0.2, 0) is 0 Å². The molecule has 0 spiro atoms. The number of hydrogen-bond acceptors (Lipinski definition) is 2. The van der Waals surface area contributed by atoms with E-state index in [9.17, 15) is 0 Å². The van der Waals surface area contributed by atoms with Gasteiger partial charge in [-0.1, -0.05) is 20.8 Å². The van der Waals surface area contributed by atoms with Crippen molar-refractivity contribution in [2.75, 3.05) is 6.54 Å². The van der Waals surface area contributed by atoms with Crippen LogP contribution in [0.5, 0.6) is 0 Å². The van der Waals surface area contributed by atoms with Crippen LogP contribution in [-0.4, -0.2) is 18.6 Å². The molecule has 3 unspecified atom stereocenters. The average Bonchev–Trinajstić information content (AvgIpc) is 3.23. The van der Waals surface area contributed by atoms with E-state index >= 15 is 0 Å². The molecule has 3 N–H and O–H groups in total. The zero-order valence-corrected chi connectivity index (χ0v) is 13.0. The van der Waals surface area contributed by atoms with E-state index in [1.165, 1.54) is 45.1 Å². The van der Waals surface area contributed by atoms with E-state index < -0.39 is 0 Å². The van der Waals surface area contributed by atoms with Crippen LogP contribution in [0.3, 0.4) is 0 Å². The first-order chi connectivity index (χ1) is 9.00. The first kappa shape index (κ1) is 13.9. The molecule has 3 atom stereocenters. The van der Waals surface area contributed by atoms with E-state index in [1.54, 1.807) is 0 Å². The van der Waals surface area contributed by atoms with Crippen molar-refractivity contribution in [1.82, 2.24) is 5.32 Å². The summed E-state index contributed by atoms with van der Waals surface area (Å²) in [5, 5.41) is 3.96. The Morgan fingerprint density at radius 2 is 1.63 bits per heavy atom. The highest BCUT2D eigenvalue weighted by Crippen LogP contribution is 2.46. The van der Waals surface area contributed by atoms with E-state index in [1.807, 2.05) is 0 Å². The first-order valence-corrected chi connectivity index (χ1v) is 8.49. The Balaban J connectivity index is 1.56. The highest BCUT2D eigenvalue weighted by atomic mass is 15.0. The van der Waals surface area contributed by atoms with Crippen molar-refractivity contribution in [3.8, 4) is 0 Å². The third-order valence-corrected chi connectivity index (χ3v) is 6.58. The molecule has 2 nitrogen and oxygen atoms in total. The lowest BCUT2D eigenvalue weighted by Gasteiger charge is -2.47. The van der Waals surface area contributed by atoms with Crippen LogP contribution in [0.15, 0.2) is 0 Å². The summed E-state index contributed by atoms with van der Waals surface area (Å²) in [5.74, 6) is 3.48. The number of hydrogen-bond donors (Lipinski definition) is 2. The van der Waals surface area contributed by atoms with Gasteiger partial charge in [0.2, 0.25) is 0 Å². The largest absolute Gasteiger partial charge is 0.327 e. The Morgan fingerprint density at radius 1 is 1.05 bits per heavy atom. The molecule has 0 aliphatic heterocycles. The van der Waals surface area contributed by atoms with Gasteiger partial charge in [-0.15, -0.1) is 0 Å². The molecule has 0 amide bonds. The van der Waals surface area contributed by atoms with Crippen molar-refractivity contribution in [1.29, 1.82) is 0 Å². The monoisotopic (exact) mass is 264 g/mol. The Bertz CT molecular complexity index is 305. The van der Waals surface area contributed by atoms with Gasteiger partial charge >= 0.3 is 0 Å². The maximum absolute atomic E-state index is 6.27. The van der Waals surface area contributed by atoms with Crippen LogP contribution in [0, 0.1) is 29.1 Å². The van der Waals surface area contributed by atoms with E-state index in [2.05, 4.69) is 26.1 Å². The molecule has 3 rings (SSSR count). The summed E-state index contributed by atoms with van der Waals surface area (Å²) in [6, 6.07) is 1.26. The van der Waals surface area contributed by atoms with Gasteiger partial charge in [-0.3, -0.25) is 0 Å². The second-order valence-electron chi connectivity index (χ2n) is 8.16. The Hall–Kier alpha value is -0.0800. The van der Waals surface area contributed by atoms with Crippen LogP contribution in [0.1, 0.15) is 59.3 Å². The number of rotatable bonds is 5. The predicted molar refractivity (Wildman–Crippen MR) is 80.9 cm³/mol. The van der Waals surface area contributed by atoms with E-state index in [-0.39, 0.29) is 0 Å². The fraction of sp³-hybridized carbons (Fsp3) is 1.00. The molecule has 0 bridgehead atoms. The van der Waals surface area contributed by atoms with Gasteiger partial charge in [-0.25, -0.2) is 0 Å². The molecule has 0 heterocycles.